The van der Waals surface area contributed by atoms with Crippen molar-refractivity contribution in [3.05, 3.63) is 35.4 Å². The molecule has 0 N–H and O–H groups in total. The number of hydrogen-bond acceptors (Lipinski definition) is 2. The summed E-state index contributed by atoms with van der Waals surface area (Å²) in [5.74, 6) is 1.62. The van der Waals surface area contributed by atoms with E-state index >= 15 is 0 Å². The Morgan fingerprint density at radius 2 is 1.90 bits per heavy atom. The maximum Gasteiger partial charge on any atom is 0.138 e. The summed E-state index contributed by atoms with van der Waals surface area (Å²) in [6.07, 6.45) is 3.38. The second kappa shape index (κ2) is 8.50. The van der Waals surface area contributed by atoms with Crippen molar-refractivity contribution in [1.29, 1.82) is 0 Å². The predicted octanol–water partition coefficient (Wildman–Crippen LogP) is 5.84. The molecule has 0 bridgehead atoms. The molecule has 2 aromatic carbocycles. The Labute approximate surface area is 139 Å². The number of ether oxygens (including phenoxy) is 2. The number of halogens is 2. The maximum atomic E-state index is 6.44. The summed E-state index contributed by atoms with van der Waals surface area (Å²) >= 11 is 9.87. The highest BCUT2D eigenvalue weighted by Gasteiger charge is 2.07. The first-order chi connectivity index (χ1) is 10.3. The topological polar surface area (TPSA) is 18.5 Å². The molecule has 4 heteroatoms. The van der Waals surface area contributed by atoms with Gasteiger partial charge in [-0.05, 0) is 55.8 Å². The van der Waals surface area contributed by atoms with E-state index < -0.39 is 0 Å². The van der Waals surface area contributed by atoms with E-state index in [1.165, 1.54) is 6.42 Å². The molecule has 2 nitrogen and oxygen atoms in total. The Morgan fingerprint density at radius 3 is 2.67 bits per heavy atom. The van der Waals surface area contributed by atoms with Crippen molar-refractivity contribution in [2.45, 2.75) is 26.2 Å². The van der Waals surface area contributed by atoms with Crippen molar-refractivity contribution < 1.29 is 9.47 Å². The van der Waals surface area contributed by atoms with Gasteiger partial charge in [0.2, 0.25) is 0 Å². The third-order valence-electron chi connectivity index (χ3n) is 3.24. The third-order valence-corrected chi connectivity index (χ3v) is 4.19. The molecule has 0 spiro atoms. The molecule has 0 aliphatic rings. The molecule has 114 valence electrons. The Balaban J connectivity index is 2.08. The number of hydrogen-bond donors (Lipinski definition) is 0. The van der Waals surface area contributed by atoms with E-state index in [2.05, 4.69) is 15.9 Å². The largest absolute Gasteiger partial charge is 0.494 e. The zero-order chi connectivity index (χ0) is 15.1. The van der Waals surface area contributed by atoms with Gasteiger partial charge in [0.25, 0.3) is 0 Å². The average molecular weight is 372 g/mol. The summed E-state index contributed by atoms with van der Waals surface area (Å²) in [4.78, 5) is 0. The van der Waals surface area contributed by atoms with Crippen LogP contribution in [0, 0.1) is 0 Å². The molecule has 0 unspecified atom stereocenters. The van der Waals surface area contributed by atoms with E-state index in [9.17, 15) is 0 Å². The van der Waals surface area contributed by atoms with Crippen LogP contribution in [0.2, 0.25) is 5.02 Å². The average Bonchev–Trinajstić information content (AvgIpc) is 2.49. The van der Waals surface area contributed by atoms with Crippen LogP contribution < -0.4 is 9.47 Å². The summed E-state index contributed by atoms with van der Waals surface area (Å²) in [7, 11) is 0. The molecule has 2 aromatic rings. The molecular weight excluding hydrogens is 352 g/mol. The third kappa shape index (κ3) is 4.52. The van der Waals surface area contributed by atoms with E-state index in [4.69, 9.17) is 21.1 Å². The van der Waals surface area contributed by atoms with Crippen molar-refractivity contribution >= 4 is 38.3 Å². The molecule has 2 rings (SSSR count). The van der Waals surface area contributed by atoms with Crippen LogP contribution in [0.5, 0.6) is 11.5 Å². The fourth-order valence-corrected chi connectivity index (χ4v) is 2.86. The van der Waals surface area contributed by atoms with Crippen LogP contribution in [-0.2, 0) is 0 Å². The van der Waals surface area contributed by atoms with Gasteiger partial charge in [0.1, 0.15) is 11.5 Å². The molecule has 0 fully saturated rings. The zero-order valence-electron chi connectivity index (χ0n) is 12.2. The van der Waals surface area contributed by atoms with Gasteiger partial charge < -0.3 is 9.47 Å². The molecule has 0 radical (unpaired) electrons. The van der Waals surface area contributed by atoms with Crippen LogP contribution in [0.15, 0.2) is 30.3 Å². The van der Waals surface area contributed by atoms with Gasteiger partial charge in [-0.1, -0.05) is 33.6 Å². The fraction of sp³-hybridized carbons (Fsp3) is 0.412. The van der Waals surface area contributed by atoms with Gasteiger partial charge in [-0.25, -0.2) is 0 Å². The zero-order valence-corrected chi connectivity index (χ0v) is 14.5. The van der Waals surface area contributed by atoms with Crippen molar-refractivity contribution in [2.24, 2.45) is 0 Å². The van der Waals surface area contributed by atoms with Crippen LogP contribution in [0.3, 0.4) is 0 Å². The van der Waals surface area contributed by atoms with Gasteiger partial charge in [-0.15, -0.1) is 0 Å². The maximum absolute atomic E-state index is 6.44. The Morgan fingerprint density at radius 1 is 1.05 bits per heavy atom. The van der Waals surface area contributed by atoms with Crippen LogP contribution >= 0.6 is 27.5 Å². The molecule has 0 heterocycles. The van der Waals surface area contributed by atoms with Crippen molar-refractivity contribution in [1.82, 2.24) is 0 Å². The smallest absolute Gasteiger partial charge is 0.138 e. The molecule has 0 aromatic heterocycles. The van der Waals surface area contributed by atoms with E-state index in [1.54, 1.807) is 0 Å². The minimum Gasteiger partial charge on any atom is -0.494 e. The molecule has 0 atom stereocenters. The standard InChI is InChI=1S/C17H20BrClO2/c1-2-20-14-7-8-15-13(12-14)6-9-16(17(15)19)21-11-5-3-4-10-18/h6-9,12H,2-5,10-11H2,1H3. The van der Waals surface area contributed by atoms with Crippen LogP contribution in [-0.4, -0.2) is 18.5 Å². The van der Waals surface area contributed by atoms with Gasteiger partial charge in [0.15, 0.2) is 0 Å². The lowest BCUT2D eigenvalue weighted by Gasteiger charge is -2.11. The molecule has 21 heavy (non-hydrogen) atoms. The molecule has 0 aliphatic heterocycles. The first-order valence-corrected chi connectivity index (χ1v) is 8.80. The van der Waals surface area contributed by atoms with E-state index in [1.807, 2.05) is 37.3 Å². The summed E-state index contributed by atoms with van der Waals surface area (Å²) in [5.41, 5.74) is 0. The van der Waals surface area contributed by atoms with Gasteiger partial charge in [0.05, 0.1) is 18.2 Å². The first-order valence-electron chi connectivity index (χ1n) is 7.30. The molecule has 0 saturated heterocycles. The summed E-state index contributed by atoms with van der Waals surface area (Å²) in [6, 6.07) is 9.89. The molecule has 0 aliphatic carbocycles. The van der Waals surface area contributed by atoms with Gasteiger partial charge >= 0.3 is 0 Å². The van der Waals surface area contributed by atoms with Gasteiger partial charge in [-0.2, -0.15) is 0 Å². The van der Waals surface area contributed by atoms with Gasteiger partial charge in [0, 0.05) is 10.7 Å². The summed E-state index contributed by atoms with van der Waals surface area (Å²) in [6.45, 7) is 3.34. The highest BCUT2D eigenvalue weighted by Crippen LogP contribution is 2.34. The highest BCUT2D eigenvalue weighted by molar-refractivity contribution is 9.09. The fourth-order valence-electron chi connectivity index (χ4n) is 2.17. The normalized spacial score (nSPS) is 10.8. The Bertz CT molecular complexity index is 586. The molecule has 0 saturated carbocycles. The van der Waals surface area contributed by atoms with E-state index in [0.717, 1.165) is 40.4 Å². The minimum absolute atomic E-state index is 0.662. The van der Waals surface area contributed by atoms with Crippen LogP contribution in [0.25, 0.3) is 10.8 Å². The quantitative estimate of drug-likeness (QED) is 0.429. The van der Waals surface area contributed by atoms with E-state index in [0.29, 0.717) is 18.2 Å². The van der Waals surface area contributed by atoms with Crippen molar-refractivity contribution in [3.63, 3.8) is 0 Å². The SMILES string of the molecule is CCOc1ccc2c(Cl)c(OCCCCCBr)ccc2c1. The summed E-state index contributed by atoms with van der Waals surface area (Å²) in [5, 5.41) is 3.79. The first kappa shape index (κ1) is 16.4. The predicted molar refractivity (Wildman–Crippen MR) is 93.3 cm³/mol. The lowest BCUT2D eigenvalue weighted by Crippen LogP contribution is -1.98. The van der Waals surface area contributed by atoms with Crippen LogP contribution in [0.4, 0.5) is 0 Å². The number of fused-ring (bicyclic) bond motifs is 1. The number of rotatable bonds is 8. The van der Waals surface area contributed by atoms with Crippen LogP contribution in [0.1, 0.15) is 26.2 Å². The minimum atomic E-state index is 0.662. The molecule has 0 amide bonds. The lowest BCUT2D eigenvalue weighted by molar-refractivity contribution is 0.307. The van der Waals surface area contributed by atoms with Crippen molar-refractivity contribution in [2.75, 3.05) is 18.5 Å². The lowest BCUT2D eigenvalue weighted by atomic mass is 10.1. The van der Waals surface area contributed by atoms with Crippen molar-refractivity contribution in [3.8, 4) is 11.5 Å². The Kier molecular flexibility index (Phi) is 6.65. The second-order valence-corrected chi connectivity index (χ2v) is 5.96. The number of unbranched alkanes of at least 4 members (excludes halogenated alkanes) is 2. The Hall–Kier alpha value is -0.930. The second-order valence-electron chi connectivity index (χ2n) is 4.79. The highest BCUT2D eigenvalue weighted by atomic mass is 79.9. The molecular formula is C17H20BrClO2. The summed E-state index contributed by atoms with van der Waals surface area (Å²) < 4.78 is 11.3. The number of alkyl halides is 1. The number of benzene rings is 2. The van der Waals surface area contributed by atoms with Gasteiger partial charge in [-0.3, -0.25) is 0 Å². The van der Waals surface area contributed by atoms with E-state index in [-0.39, 0.29) is 0 Å². The monoisotopic (exact) mass is 370 g/mol.